The van der Waals surface area contributed by atoms with Gasteiger partial charge in [0.15, 0.2) is 0 Å². The number of rotatable bonds is 6. The summed E-state index contributed by atoms with van der Waals surface area (Å²) in [7, 11) is 0. The summed E-state index contributed by atoms with van der Waals surface area (Å²) in [5, 5.41) is 1.17. The summed E-state index contributed by atoms with van der Waals surface area (Å²) in [6.07, 6.45) is 0. The third kappa shape index (κ3) is 4.83. The zero-order valence-electron chi connectivity index (χ0n) is 17.8. The maximum Gasteiger partial charge on any atom is 0.0505 e. The summed E-state index contributed by atoms with van der Waals surface area (Å²) in [6, 6.07) is 23.2. The van der Waals surface area contributed by atoms with Gasteiger partial charge in [0.1, 0.15) is 0 Å². The molecular weight excluding hydrogens is 471 g/mol. The fourth-order valence-electron chi connectivity index (χ4n) is 3.75. The van der Waals surface area contributed by atoms with Crippen LogP contribution in [0, 0.1) is 0 Å². The van der Waals surface area contributed by atoms with Crippen molar-refractivity contribution >= 4 is 46.3 Å². The van der Waals surface area contributed by atoms with E-state index in [9.17, 15) is 0 Å². The smallest absolute Gasteiger partial charge is 0.0505 e. The van der Waals surface area contributed by atoms with Crippen molar-refractivity contribution in [2.24, 2.45) is 11.5 Å². The molecule has 0 aliphatic carbocycles. The van der Waals surface area contributed by atoms with Crippen LogP contribution in [0.1, 0.15) is 11.1 Å². The SMILES string of the molecule is NCc1ccc(Sc2ccc(CN)cc2-c2c(N)cccc2Cl)c(-c2c(N)cccc2Cl)c1. The molecule has 0 saturated heterocycles. The first-order valence-electron chi connectivity index (χ1n) is 10.4. The standard InChI is InChI=1S/C26H24Cl2N4S/c27-19-3-1-5-21(31)25(19)17-11-15(13-29)7-9-23(17)33-24-10-8-16(14-30)12-18(24)26-20(28)4-2-6-22(26)32/h1-12H,13-14,29-32H2. The first-order valence-corrected chi connectivity index (χ1v) is 11.9. The molecule has 0 aliphatic rings. The van der Waals surface area contributed by atoms with E-state index >= 15 is 0 Å². The second-order valence-corrected chi connectivity index (χ2v) is 9.48. The molecule has 0 heterocycles. The molecule has 4 aromatic carbocycles. The van der Waals surface area contributed by atoms with Gasteiger partial charge < -0.3 is 22.9 Å². The summed E-state index contributed by atoms with van der Waals surface area (Å²) in [5.41, 5.74) is 31.1. The second kappa shape index (κ2) is 10.1. The van der Waals surface area contributed by atoms with Gasteiger partial charge in [-0.3, -0.25) is 0 Å². The van der Waals surface area contributed by atoms with E-state index in [4.69, 9.17) is 46.1 Å². The van der Waals surface area contributed by atoms with Crippen LogP contribution in [0.25, 0.3) is 22.3 Å². The highest BCUT2D eigenvalue weighted by atomic mass is 35.5. The summed E-state index contributed by atoms with van der Waals surface area (Å²) in [5.74, 6) is 0. The Bertz CT molecular complexity index is 1180. The maximum absolute atomic E-state index is 6.57. The maximum atomic E-state index is 6.57. The van der Waals surface area contributed by atoms with E-state index in [-0.39, 0.29) is 0 Å². The van der Waals surface area contributed by atoms with Crippen LogP contribution in [-0.2, 0) is 13.1 Å². The lowest BCUT2D eigenvalue weighted by atomic mass is 10.0. The normalized spacial score (nSPS) is 11.0. The van der Waals surface area contributed by atoms with Crippen LogP contribution in [0.15, 0.2) is 82.6 Å². The molecule has 4 rings (SSSR count). The monoisotopic (exact) mass is 494 g/mol. The Morgan fingerprint density at radius 1 is 0.606 bits per heavy atom. The average Bonchev–Trinajstić information content (AvgIpc) is 2.80. The highest BCUT2D eigenvalue weighted by Gasteiger charge is 2.18. The molecule has 0 amide bonds. The van der Waals surface area contributed by atoms with Crippen molar-refractivity contribution in [1.29, 1.82) is 0 Å². The van der Waals surface area contributed by atoms with Crippen LogP contribution in [-0.4, -0.2) is 0 Å². The molecule has 8 N–H and O–H groups in total. The van der Waals surface area contributed by atoms with E-state index in [1.54, 1.807) is 11.8 Å². The minimum atomic E-state index is 0.412. The quantitative estimate of drug-likeness (QED) is 0.227. The Labute approximate surface area is 207 Å². The zero-order valence-corrected chi connectivity index (χ0v) is 20.1. The number of anilines is 2. The topological polar surface area (TPSA) is 104 Å². The molecule has 0 fully saturated rings. The lowest BCUT2D eigenvalue weighted by Gasteiger charge is -2.18. The zero-order chi connectivity index (χ0) is 23.5. The number of hydrogen-bond donors (Lipinski definition) is 4. The van der Waals surface area contributed by atoms with Gasteiger partial charge in [0, 0.05) is 45.4 Å². The van der Waals surface area contributed by atoms with E-state index < -0.39 is 0 Å². The Balaban J connectivity index is 1.91. The summed E-state index contributed by atoms with van der Waals surface area (Å²) < 4.78 is 0. The predicted molar refractivity (Wildman–Crippen MR) is 143 cm³/mol. The van der Waals surface area contributed by atoms with E-state index in [1.165, 1.54) is 0 Å². The summed E-state index contributed by atoms with van der Waals surface area (Å²) in [6.45, 7) is 0.823. The number of benzene rings is 4. The molecule has 33 heavy (non-hydrogen) atoms. The van der Waals surface area contributed by atoms with Crippen molar-refractivity contribution in [3.63, 3.8) is 0 Å². The van der Waals surface area contributed by atoms with Gasteiger partial charge in [-0.25, -0.2) is 0 Å². The molecule has 4 nitrogen and oxygen atoms in total. The molecule has 0 atom stereocenters. The van der Waals surface area contributed by atoms with Crippen LogP contribution in [0.3, 0.4) is 0 Å². The molecule has 0 bridgehead atoms. The first-order chi connectivity index (χ1) is 15.9. The molecule has 0 aromatic heterocycles. The molecule has 168 valence electrons. The van der Waals surface area contributed by atoms with Gasteiger partial charge >= 0.3 is 0 Å². The largest absolute Gasteiger partial charge is 0.398 e. The van der Waals surface area contributed by atoms with Gasteiger partial charge in [0.25, 0.3) is 0 Å². The highest BCUT2D eigenvalue weighted by Crippen LogP contribution is 2.46. The molecule has 0 aliphatic heterocycles. The van der Waals surface area contributed by atoms with Crippen molar-refractivity contribution in [3.05, 3.63) is 94.0 Å². The molecule has 4 aromatic rings. The molecular formula is C26H24Cl2N4S. The molecule has 0 saturated carbocycles. The fraction of sp³-hybridized carbons (Fsp3) is 0.0769. The minimum absolute atomic E-state index is 0.412. The van der Waals surface area contributed by atoms with Crippen molar-refractivity contribution in [2.45, 2.75) is 22.9 Å². The molecule has 0 radical (unpaired) electrons. The van der Waals surface area contributed by atoms with Crippen LogP contribution in [0.5, 0.6) is 0 Å². The van der Waals surface area contributed by atoms with E-state index in [2.05, 4.69) is 0 Å². The molecule has 0 spiro atoms. The molecule has 7 heteroatoms. The Morgan fingerprint density at radius 2 is 1.03 bits per heavy atom. The van der Waals surface area contributed by atoms with E-state index in [0.717, 1.165) is 43.2 Å². The highest BCUT2D eigenvalue weighted by molar-refractivity contribution is 7.99. The number of nitrogen functional groups attached to an aromatic ring is 2. The van der Waals surface area contributed by atoms with Crippen molar-refractivity contribution < 1.29 is 0 Å². The third-order valence-corrected chi connectivity index (χ3v) is 7.19. The third-order valence-electron chi connectivity index (χ3n) is 5.41. The predicted octanol–water partition coefficient (Wildman–Crippen LogP) is 6.56. The van der Waals surface area contributed by atoms with E-state index in [1.807, 2.05) is 72.8 Å². The van der Waals surface area contributed by atoms with Gasteiger partial charge in [-0.05, 0) is 70.8 Å². The Hall–Kier alpha value is -2.67. The summed E-state index contributed by atoms with van der Waals surface area (Å²) in [4.78, 5) is 1.97. The van der Waals surface area contributed by atoms with Gasteiger partial charge in [0.2, 0.25) is 0 Å². The number of halogens is 2. The van der Waals surface area contributed by atoms with Gasteiger partial charge in [-0.2, -0.15) is 0 Å². The second-order valence-electron chi connectivity index (χ2n) is 7.58. The fourth-order valence-corrected chi connectivity index (χ4v) is 5.36. The Kier molecular flexibility index (Phi) is 7.17. The van der Waals surface area contributed by atoms with Crippen LogP contribution >= 0.6 is 35.0 Å². The average molecular weight is 495 g/mol. The van der Waals surface area contributed by atoms with Gasteiger partial charge in [-0.15, -0.1) is 0 Å². The van der Waals surface area contributed by atoms with Crippen LogP contribution in [0.2, 0.25) is 10.0 Å². The lowest BCUT2D eigenvalue weighted by molar-refractivity contribution is 1.06. The first kappa shape index (κ1) is 23.5. The summed E-state index contributed by atoms with van der Waals surface area (Å²) >= 11 is 14.7. The number of nitrogens with two attached hydrogens (primary N) is 4. The van der Waals surface area contributed by atoms with Crippen molar-refractivity contribution in [3.8, 4) is 22.3 Å². The lowest BCUT2D eigenvalue weighted by Crippen LogP contribution is -2.00. The molecule has 0 unspecified atom stereocenters. The minimum Gasteiger partial charge on any atom is -0.398 e. The van der Waals surface area contributed by atoms with Crippen molar-refractivity contribution in [1.82, 2.24) is 0 Å². The van der Waals surface area contributed by atoms with Crippen molar-refractivity contribution in [2.75, 3.05) is 11.5 Å². The number of hydrogen-bond acceptors (Lipinski definition) is 5. The Morgan fingerprint density at radius 3 is 1.39 bits per heavy atom. The van der Waals surface area contributed by atoms with Gasteiger partial charge in [0.05, 0.1) is 10.0 Å². The van der Waals surface area contributed by atoms with Crippen LogP contribution in [0.4, 0.5) is 11.4 Å². The van der Waals surface area contributed by atoms with Crippen LogP contribution < -0.4 is 22.9 Å². The van der Waals surface area contributed by atoms with E-state index in [0.29, 0.717) is 34.5 Å². The van der Waals surface area contributed by atoms with Gasteiger partial charge in [-0.1, -0.05) is 59.2 Å².